The summed E-state index contributed by atoms with van der Waals surface area (Å²) in [7, 11) is 3.13. The zero-order valence-corrected chi connectivity index (χ0v) is 12.6. The standard InChI is InChI=1S/C17H18N2O3/c1-19(14-9-4-3-5-10-14)17(21)16(20)18-12-13-8-6-7-11-15(13)22-2/h3-11H,12H2,1-2H3,(H,18,20). The van der Waals surface area contributed by atoms with E-state index in [9.17, 15) is 9.59 Å². The van der Waals surface area contributed by atoms with Crippen molar-refractivity contribution >= 4 is 17.5 Å². The highest BCUT2D eigenvalue weighted by molar-refractivity contribution is 6.40. The lowest BCUT2D eigenvalue weighted by molar-refractivity contribution is -0.137. The molecule has 0 aliphatic carbocycles. The third-order valence-corrected chi connectivity index (χ3v) is 3.27. The molecule has 0 atom stereocenters. The Morgan fingerprint density at radius 2 is 1.68 bits per heavy atom. The maximum absolute atomic E-state index is 12.1. The summed E-state index contributed by atoms with van der Waals surface area (Å²) in [5.74, 6) is -0.593. The second kappa shape index (κ2) is 7.26. The Balaban J connectivity index is 1.99. The smallest absolute Gasteiger partial charge is 0.316 e. The quantitative estimate of drug-likeness (QED) is 0.878. The lowest BCUT2D eigenvalue weighted by Crippen LogP contribution is -2.40. The predicted molar refractivity (Wildman–Crippen MR) is 84.7 cm³/mol. The Hall–Kier alpha value is -2.82. The van der Waals surface area contributed by atoms with E-state index in [1.54, 1.807) is 32.4 Å². The van der Waals surface area contributed by atoms with E-state index in [0.29, 0.717) is 11.4 Å². The Morgan fingerprint density at radius 1 is 1.05 bits per heavy atom. The second-order valence-corrected chi connectivity index (χ2v) is 4.69. The summed E-state index contributed by atoms with van der Waals surface area (Å²) < 4.78 is 5.21. The summed E-state index contributed by atoms with van der Waals surface area (Å²) >= 11 is 0. The number of rotatable bonds is 4. The number of likely N-dealkylation sites (N-methyl/N-ethyl adjacent to an activating group) is 1. The van der Waals surface area contributed by atoms with E-state index in [1.165, 1.54) is 4.90 Å². The van der Waals surface area contributed by atoms with E-state index in [0.717, 1.165) is 5.56 Å². The van der Waals surface area contributed by atoms with E-state index in [2.05, 4.69) is 5.32 Å². The molecule has 0 saturated carbocycles. The van der Waals surface area contributed by atoms with Crippen LogP contribution < -0.4 is 15.0 Å². The van der Waals surface area contributed by atoms with Crippen LogP contribution in [0.4, 0.5) is 5.69 Å². The number of ether oxygens (including phenoxy) is 1. The molecule has 5 heteroatoms. The molecule has 2 aromatic rings. The van der Waals surface area contributed by atoms with Crippen LogP contribution in [0, 0.1) is 0 Å². The van der Waals surface area contributed by atoms with Crippen molar-refractivity contribution in [1.29, 1.82) is 0 Å². The van der Waals surface area contributed by atoms with Gasteiger partial charge in [-0.15, -0.1) is 0 Å². The Morgan fingerprint density at radius 3 is 2.36 bits per heavy atom. The lowest BCUT2D eigenvalue weighted by atomic mass is 10.2. The maximum atomic E-state index is 12.1. The van der Waals surface area contributed by atoms with Gasteiger partial charge in [-0.2, -0.15) is 0 Å². The van der Waals surface area contributed by atoms with Gasteiger partial charge in [0, 0.05) is 24.8 Å². The average Bonchev–Trinajstić information content (AvgIpc) is 2.59. The van der Waals surface area contributed by atoms with Crippen molar-refractivity contribution < 1.29 is 14.3 Å². The highest BCUT2D eigenvalue weighted by Gasteiger charge is 2.19. The molecule has 1 N–H and O–H groups in total. The number of para-hydroxylation sites is 2. The van der Waals surface area contributed by atoms with Gasteiger partial charge in [0.05, 0.1) is 7.11 Å². The van der Waals surface area contributed by atoms with Gasteiger partial charge < -0.3 is 15.0 Å². The van der Waals surface area contributed by atoms with Gasteiger partial charge in [0.2, 0.25) is 0 Å². The number of benzene rings is 2. The third-order valence-electron chi connectivity index (χ3n) is 3.27. The Kier molecular flexibility index (Phi) is 5.14. The van der Waals surface area contributed by atoms with Gasteiger partial charge in [0.1, 0.15) is 5.75 Å². The first kappa shape index (κ1) is 15.6. The molecule has 0 aromatic heterocycles. The SMILES string of the molecule is COc1ccccc1CNC(=O)C(=O)N(C)c1ccccc1. The zero-order valence-electron chi connectivity index (χ0n) is 12.6. The van der Waals surface area contributed by atoms with Crippen LogP contribution in [-0.2, 0) is 16.1 Å². The molecule has 0 heterocycles. The second-order valence-electron chi connectivity index (χ2n) is 4.69. The number of hydrogen-bond acceptors (Lipinski definition) is 3. The summed E-state index contributed by atoms with van der Waals surface area (Å²) in [6.45, 7) is 0.233. The molecule has 0 aliphatic heterocycles. The number of carbonyl (C=O) groups excluding carboxylic acids is 2. The van der Waals surface area contributed by atoms with Crippen LogP contribution in [0.25, 0.3) is 0 Å². The van der Waals surface area contributed by atoms with Crippen LogP contribution in [0.1, 0.15) is 5.56 Å². The number of methoxy groups -OCH3 is 1. The molecule has 5 nitrogen and oxygen atoms in total. The summed E-state index contributed by atoms with van der Waals surface area (Å²) in [4.78, 5) is 25.4. The summed E-state index contributed by atoms with van der Waals surface area (Å²) in [6.07, 6.45) is 0. The van der Waals surface area contributed by atoms with Crippen molar-refractivity contribution in [3.63, 3.8) is 0 Å². The van der Waals surface area contributed by atoms with E-state index < -0.39 is 11.8 Å². The van der Waals surface area contributed by atoms with E-state index in [1.807, 2.05) is 36.4 Å². The Labute approximate surface area is 129 Å². The predicted octanol–water partition coefficient (Wildman–Crippen LogP) is 1.97. The summed E-state index contributed by atoms with van der Waals surface area (Å²) in [6, 6.07) is 16.3. The lowest BCUT2D eigenvalue weighted by Gasteiger charge is -2.17. The van der Waals surface area contributed by atoms with Crippen LogP contribution >= 0.6 is 0 Å². The van der Waals surface area contributed by atoms with Gasteiger partial charge >= 0.3 is 11.8 Å². The fourth-order valence-corrected chi connectivity index (χ4v) is 2.02. The highest BCUT2D eigenvalue weighted by atomic mass is 16.5. The fraction of sp³-hybridized carbons (Fsp3) is 0.176. The molecule has 22 heavy (non-hydrogen) atoms. The minimum absolute atomic E-state index is 0.233. The van der Waals surface area contributed by atoms with Crippen molar-refractivity contribution in [3.05, 3.63) is 60.2 Å². The molecule has 2 rings (SSSR count). The van der Waals surface area contributed by atoms with Crippen LogP contribution in [-0.4, -0.2) is 26.0 Å². The van der Waals surface area contributed by atoms with E-state index in [4.69, 9.17) is 4.74 Å². The van der Waals surface area contributed by atoms with E-state index >= 15 is 0 Å². The topological polar surface area (TPSA) is 58.6 Å². The highest BCUT2D eigenvalue weighted by Crippen LogP contribution is 2.16. The molecule has 114 valence electrons. The van der Waals surface area contributed by atoms with Gasteiger partial charge in [0.25, 0.3) is 0 Å². The van der Waals surface area contributed by atoms with Gasteiger partial charge in [-0.25, -0.2) is 0 Å². The van der Waals surface area contributed by atoms with Gasteiger partial charge in [-0.1, -0.05) is 36.4 Å². The monoisotopic (exact) mass is 298 g/mol. The zero-order chi connectivity index (χ0) is 15.9. The normalized spacial score (nSPS) is 9.91. The minimum atomic E-state index is -0.655. The first-order chi connectivity index (χ1) is 10.6. The number of hydrogen-bond donors (Lipinski definition) is 1. The van der Waals surface area contributed by atoms with Crippen molar-refractivity contribution in [1.82, 2.24) is 5.32 Å². The molecular formula is C17H18N2O3. The molecule has 0 radical (unpaired) electrons. The number of anilines is 1. The maximum Gasteiger partial charge on any atom is 0.316 e. The van der Waals surface area contributed by atoms with Crippen molar-refractivity contribution in [2.75, 3.05) is 19.1 Å². The van der Waals surface area contributed by atoms with Crippen LogP contribution in [0.2, 0.25) is 0 Å². The fourth-order valence-electron chi connectivity index (χ4n) is 2.02. The van der Waals surface area contributed by atoms with Gasteiger partial charge in [-0.3, -0.25) is 9.59 Å². The largest absolute Gasteiger partial charge is 0.496 e. The number of nitrogens with one attached hydrogen (secondary N) is 1. The van der Waals surface area contributed by atoms with Crippen LogP contribution in [0.15, 0.2) is 54.6 Å². The van der Waals surface area contributed by atoms with E-state index in [-0.39, 0.29) is 6.54 Å². The van der Waals surface area contributed by atoms with Gasteiger partial charge in [-0.05, 0) is 18.2 Å². The average molecular weight is 298 g/mol. The molecule has 0 aliphatic rings. The minimum Gasteiger partial charge on any atom is -0.496 e. The van der Waals surface area contributed by atoms with Crippen molar-refractivity contribution in [3.8, 4) is 5.75 Å². The van der Waals surface area contributed by atoms with Crippen LogP contribution in [0.5, 0.6) is 5.75 Å². The van der Waals surface area contributed by atoms with Crippen LogP contribution in [0.3, 0.4) is 0 Å². The first-order valence-electron chi connectivity index (χ1n) is 6.86. The molecule has 0 spiro atoms. The molecule has 0 fully saturated rings. The molecule has 0 unspecified atom stereocenters. The number of amides is 2. The molecule has 0 bridgehead atoms. The Bertz CT molecular complexity index is 656. The van der Waals surface area contributed by atoms with Crippen molar-refractivity contribution in [2.45, 2.75) is 6.54 Å². The van der Waals surface area contributed by atoms with Gasteiger partial charge in [0.15, 0.2) is 0 Å². The summed E-state index contributed by atoms with van der Waals surface area (Å²) in [5, 5.41) is 2.61. The molecule has 2 aromatic carbocycles. The number of carbonyl (C=O) groups is 2. The third kappa shape index (κ3) is 3.63. The summed E-state index contributed by atoms with van der Waals surface area (Å²) in [5.41, 5.74) is 1.48. The number of nitrogens with zero attached hydrogens (tertiary/aromatic N) is 1. The van der Waals surface area contributed by atoms with Crippen molar-refractivity contribution in [2.24, 2.45) is 0 Å². The first-order valence-corrected chi connectivity index (χ1v) is 6.86. The molecule has 2 amide bonds. The molecule has 0 saturated heterocycles. The molecular weight excluding hydrogens is 280 g/mol.